The molecule has 0 radical (unpaired) electrons. The Labute approximate surface area is 182 Å². The first kappa shape index (κ1) is 20.9. The topological polar surface area (TPSA) is 12.5 Å². The van der Waals surface area contributed by atoms with E-state index in [0.717, 1.165) is 17.6 Å². The number of thioether (sulfide) groups is 1. The molecule has 0 saturated heterocycles. The Kier molecular flexibility index (Phi) is 7.06. The van der Waals surface area contributed by atoms with Gasteiger partial charge in [0.25, 0.3) is 0 Å². The molecule has 2 aliphatic rings. The van der Waals surface area contributed by atoms with Gasteiger partial charge in [0.2, 0.25) is 0 Å². The van der Waals surface area contributed by atoms with Gasteiger partial charge in [-0.25, -0.2) is 0 Å². The Balaban J connectivity index is 0.00000210. The van der Waals surface area contributed by atoms with Crippen molar-refractivity contribution in [2.24, 2.45) is 0 Å². The first-order valence-corrected chi connectivity index (χ1v) is 11.0. The van der Waals surface area contributed by atoms with E-state index < -0.39 is 0 Å². The summed E-state index contributed by atoms with van der Waals surface area (Å²) in [5.41, 5.74) is 1.28. The molecule has 2 nitrogen and oxygen atoms in total. The number of rotatable bonds is 5. The number of ether oxygens (including phenoxy) is 1. The zero-order chi connectivity index (χ0) is 18.1. The van der Waals surface area contributed by atoms with Gasteiger partial charge in [-0.2, -0.15) is 0 Å². The van der Waals surface area contributed by atoms with Crippen LogP contribution in [0.3, 0.4) is 0 Å². The van der Waals surface area contributed by atoms with Crippen molar-refractivity contribution in [2.75, 3.05) is 33.9 Å². The van der Waals surface area contributed by atoms with Crippen molar-refractivity contribution in [3.63, 3.8) is 0 Å². The third-order valence-corrected chi connectivity index (χ3v) is 7.07. The molecule has 0 spiro atoms. The summed E-state index contributed by atoms with van der Waals surface area (Å²) in [7, 11) is 4.14. The lowest BCUT2D eigenvalue weighted by Crippen LogP contribution is -2.21. The van der Waals surface area contributed by atoms with E-state index in [1.165, 1.54) is 35.2 Å². The van der Waals surface area contributed by atoms with Crippen molar-refractivity contribution in [1.29, 1.82) is 0 Å². The second-order valence-electron chi connectivity index (χ2n) is 6.55. The van der Waals surface area contributed by atoms with Crippen LogP contribution in [0.1, 0.15) is 0 Å². The first-order valence-electron chi connectivity index (χ1n) is 8.54. The molecule has 1 aliphatic carbocycles. The lowest BCUT2D eigenvalue weighted by Gasteiger charge is -2.16. The van der Waals surface area contributed by atoms with Gasteiger partial charge in [0, 0.05) is 40.7 Å². The predicted octanol–water partition coefficient (Wildman–Crippen LogP) is 4.68. The second kappa shape index (κ2) is 9.12. The molecular weight excluding hydrogens is 462 g/mol. The van der Waals surface area contributed by atoms with Crippen molar-refractivity contribution in [2.45, 2.75) is 0 Å². The highest BCUT2D eigenvalue weighted by Crippen LogP contribution is 2.37. The van der Waals surface area contributed by atoms with Gasteiger partial charge >= 0.3 is 0 Å². The molecule has 0 N–H and O–H groups in total. The number of benzene rings is 1. The van der Waals surface area contributed by atoms with E-state index in [1.54, 1.807) is 0 Å². The summed E-state index contributed by atoms with van der Waals surface area (Å²) in [6.45, 7) is 2.37. The molecular formula is C21H21BrClNOS2. The minimum Gasteiger partial charge on any atom is -0.375 e. The fraction of sp³-hybridized carbons (Fsp3) is 0.238. The molecule has 0 fully saturated rings. The molecule has 1 aromatic heterocycles. The number of hydrogen-bond donors (Lipinski definition) is 0. The molecule has 27 heavy (non-hydrogen) atoms. The smallest absolute Gasteiger partial charge is 0.0779 e. The lowest BCUT2D eigenvalue weighted by molar-refractivity contribution is 0.140. The average molecular weight is 483 g/mol. The van der Waals surface area contributed by atoms with E-state index in [0.29, 0.717) is 6.61 Å². The largest absolute Gasteiger partial charge is 0.375 e. The minimum atomic E-state index is 0. The first-order chi connectivity index (χ1) is 12.6. The van der Waals surface area contributed by atoms with Crippen LogP contribution >= 0.6 is 51.4 Å². The van der Waals surface area contributed by atoms with Crippen LogP contribution in [0.4, 0.5) is 0 Å². The number of hydrogen-bond acceptors (Lipinski definition) is 4. The fourth-order valence-corrected chi connectivity index (χ4v) is 5.84. The zero-order valence-electron chi connectivity index (χ0n) is 15.2. The summed E-state index contributed by atoms with van der Waals surface area (Å²) >= 11 is 7.30. The maximum Gasteiger partial charge on any atom is 0.0779 e. The molecule has 4 rings (SSSR count). The highest BCUT2D eigenvalue weighted by Gasteiger charge is 2.17. The van der Waals surface area contributed by atoms with Gasteiger partial charge in [-0.15, -0.1) is 23.7 Å². The van der Waals surface area contributed by atoms with Crippen molar-refractivity contribution in [3.8, 4) is 0 Å². The van der Waals surface area contributed by atoms with Crippen molar-refractivity contribution >= 4 is 72.5 Å². The molecule has 0 atom stereocenters. The van der Waals surface area contributed by atoms with Crippen molar-refractivity contribution in [1.82, 2.24) is 4.90 Å². The Morgan fingerprint density at radius 3 is 2.81 bits per heavy atom. The molecule has 0 bridgehead atoms. The quantitative estimate of drug-likeness (QED) is 0.574. The number of nitrogens with zero attached hydrogens (tertiary/aromatic N) is 1. The predicted molar refractivity (Wildman–Crippen MR) is 126 cm³/mol. The van der Waals surface area contributed by atoms with Crippen LogP contribution in [-0.4, -0.2) is 38.8 Å². The van der Waals surface area contributed by atoms with Gasteiger partial charge in [-0.1, -0.05) is 52.0 Å². The van der Waals surface area contributed by atoms with Gasteiger partial charge in [-0.3, -0.25) is 0 Å². The molecule has 1 aliphatic heterocycles. The number of fused-ring (bicyclic) bond motifs is 4. The Bertz CT molecular complexity index is 1070. The van der Waals surface area contributed by atoms with Gasteiger partial charge in [0.1, 0.15) is 0 Å². The van der Waals surface area contributed by atoms with Crippen molar-refractivity contribution < 1.29 is 4.74 Å². The number of halogens is 2. The van der Waals surface area contributed by atoms with Crippen LogP contribution < -0.4 is 9.75 Å². The molecule has 0 amide bonds. The van der Waals surface area contributed by atoms with Crippen LogP contribution in [-0.2, 0) is 4.74 Å². The number of likely N-dealkylation sites (N-methyl/N-ethyl adjacent to an activating group) is 1. The van der Waals surface area contributed by atoms with E-state index in [1.807, 2.05) is 23.1 Å². The van der Waals surface area contributed by atoms with E-state index in [2.05, 4.69) is 83.5 Å². The number of thiophene rings is 1. The lowest BCUT2D eigenvalue weighted by atomic mass is 10.1. The van der Waals surface area contributed by atoms with Gasteiger partial charge in [0.15, 0.2) is 0 Å². The van der Waals surface area contributed by atoms with E-state index in [4.69, 9.17) is 4.74 Å². The Morgan fingerprint density at radius 1 is 1.15 bits per heavy atom. The maximum atomic E-state index is 5.86. The van der Waals surface area contributed by atoms with E-state index in [9.17, 15) is 0 Å². The molecule has 6 heteroatoms. The van der Waals surface area contributed by atoms with Gasteiger partial charge < -0.3 is 9.64 Å². The molecule has 0 saturated carbocycles. The highest BCUT2D eigenvalue weighted by molar-refractivity contribution is 9.10. The summed E-state index contributed by atoms with van der Waals surface area (Å²) in [4.78, 5) is 4.75. The molecule has 2 heterocycles. The molecule has 142 valence electrons. The minimum absolute atomic E-state index is 0. The maximum absolute atomic E-state index is 5.86. The van der Waals surface area contributed by atoms with E-state index >= 15 is 0 Å². The normalized spacial score (nSPS) is 15.5. The molecule has 0 unspecified atom stereocenters. The summed E-state index contributed by atoms with van der Waals surface area (Å²) in [5.74, 6) is 0. The van der Waals surface area contributed by atoms with Crippen LogP contribution in [0.5, 0.6) is 0 Å². The van der Waals surface area contributed by atoms with Gasteiger partial charge in [-0.05, 0) is 44.0 Å². The van der Waals surface area contributed by atoms with Crippen molar-refractivity contribution in [3.05, 3.63) is 67.2 Å². The van der Waals surface area contributed by atoms with Crippen LogP contribution in [0.15, 0.2) is 57.5 Å². The van der Waals surface area contributed by atoms with Gasteiger partial charge in [0.05, 0.1) is 13.2 Å². The second-order valence-corrected chi connectivity index (χ2v) is 9.69. The SMILES string of the molecule is CN(C)CCOCC1=CC=C2C=CC=c3sc4cc(Br)ccc4c3=C2S1.Cl. The van der Waals surface area contributed by atoms with Crippen LogP contribution in [0, 0.1) is 0 Å². The highest BCUT2D eigenvalue weighted by atomic mass is 79.9. The standard InChI is InChI=1S/C21H20BrNOS2.ClH/c1-23(2)10-11-24-13-16-8-6-14-4-3-5-18-20(21(14)25-16)17-9-7-15(22)12-19(17)26-18;/h3-9,12H,10-11,13H2,1-2H3;1H. The Hall–Kier alpha value is -0.820. The summed E-state index contributed by atoms with van der Waals surface area (Å²) in [6, 6.07) is 6.57. The van der Waals surface area contributed by atoms with E-state index in [-0.39, 0.29) is 12.4 Å². The zero-order valence-corrected chi connectivity index (χ0v) is 19.2. The van der Waals surface area contributed by atoms with Crippen LogP contribution in [0.2, 0.25) is 0 Å². The van der Waals surface area contributed by atoms with Crippen LogP contribution in [0.25, 0.3) is 21.1 Å². The molecule has 1 aromatic carbocycles. The molecule has 2 aromatic rings. The number of allylic oxidation sites excluding steroid dienone is 4. The summed E-state index contributed by atoms with van der Waals surface area (Å²) < 4.78 is 9.64. The third-order valence-electron chi connectivity index (χ3n) is 4.30. The summed E-state index contributed by atoms with van der Waals surface area (Å²) in [5, 5.41) is 2.69. The third kappa shape index (κ3) is 4.61. The Morgan fingerprint density at radius 2 is 2.00 bits per heavy atom. The monoisotopic (exact) mass is 481 g/mol. The summed E-state index contributed by atoms with van der Waals surface area (Å²) in [6.07, 6.45) is 11.0. The average Bonchev–Trinajstić information content (AvgIpc) is 2.86. The fourth-order valence-electron chi connectivity index (χ4n) is 2.99.